The van der Waals surface area contributed by atoms with Crippen LogP contribution in [0.3, 0.4) is 0 Å². The molecule has 1 fully saturated rings. The normalized spacial score (nSPS) is 20.2. The number of nitrogens with zero attached hydrogens (tertiary/aromatic N) is 6. The maximum Gasteiger partial charge on any atom is 0.223 e. The van der Waals surface area contributed by atoms with Crippen molar-refractivity contribution in [1.29, 1.82) is 5.26 Å². The molecule has 8 nitrogen and oxygen atoms in total. The van der Waals surface area contributed by atoms with E-state index < -0.39 is 0 Å². The predicted octanol–water partition coefficient (Wildman–Crippen LogP) is 1.02. The van der Waals surface area contributed by atoms with Crippen LogP contribution < -0.4 is 5.32 Å². The maximum absolute atomic E-state index is 12.2. The summed E-state index contributed by atoms with van der Waals surface area (Å²) in [5.74, 6) is 0.835. The summed E-state index contributed by atoms with van der Waals surface area (Å²) in [5.41, 5.74) is 2.41. The monoisotopic (exact) mass is 325 g/mol. The summed E-state index contributed by atoms with van der Waals surface area (Å²) < 4.78 is 1.82. The highest BCUT2D eigenvalue weighted by Crippen LogP contribution is 2.38. The molecule has 2 aromatic rings. The minimum Gasteiger partial charge on any atom is -0.368 e. The van der Waals surface area contributed by atoms with E-state index in [1.165, 1.54) is 12.4 Å². The highest BCUT2D eigenvalue weighted by molar-refractivity contribution is 5.79. The van der Waals surface area contributed by atoms with E-state index in [-0.39, 0.29) is 23.6 Å². The summed E-state index contributed by atoms with van der Waals surface area (Å²) in [6.45, 7) is 2.60. The summed E-state index contributed by atoms with van der Waals surface area (Å²) in [6, 6.07) is 1.93. The van der Waals surface area contributed by atoms with E-state index in [0.717, 1.165) is 11.3 Å². The molecule has 1 N–H and O–H groups in total. The van der Waals surface area contributed by atoms with E-state index in [1.807, 2.05) is 38.0 Å². The number of likely N-dealkylation sites (tertiary alicyclic amines) is 1. The molecule has 0 aliphatic carbocycles. The van der Waals surface area contributed by atoms with E-state index in [0.29, 0.717) is 18.8 Å². The molecule has 1 amide bonds. The molecule has 0 bridgehead atoms. The number of carbonyl (C=O) groups excluding carboxylic acids is 1. The van der Waals surface area contributed by atoms with Crippen molar-refractivity contribution in [2.24, 2.45) is 13.0 Å². The van der Waals surface area contributed by atoms with Crippen LogP contribution in [0.15, 0.2) is 18.6 Å². The summed E-state index contributed by atoms with van der Waals surface area (Å²) in [5, 5.41) is 16.3. The molecule has 8 heteroatoms. The van der Waals surface area contributed by atoms with Gasteiger partial charge in [-0.05, 0) is 6.92 Å². The fraction of sp³-hybridized carbons (Fsp3) is 0.438. The van der Waals surface area contributed by atoms with Crippen molar-refractivity contribution in [1.82, 2.24) is 24.6 Å². The van der Waals surface area contributed by atoms with E-state index in [1.54, 1.807) is 4.90 Å². The molecule has 1 aliphatic heterocycles. The molecule has 124 valence electrons. The van der Waals surface area contributed by atoms with Crippen molar-refractivity contribution in [2.45, 2.75) is 19.4 Å². The molecule has 3 rings (SSSR count). The summed E-state index contributed by atoms with van der Waals surface area (Å²) in [6.07, 6.45) is 5.27. The molecule has 24 heavy (non-hydrogen) atoms. The van der Waals surface area contributed by atoms with Gasteiger partial charge in [0, 0.05) is 44.2 Å². The predicted molar refractivity (Wildman–Crippen MR) is 86.8 cm³/mol. The highest BCUT2D eigenvalue weighted by Gasteiger charge is 2.39. The number of nitriles is 1. The number of amides is 1. The van der Waals surface area contributed by atoms with Gasteiger partial charge < -0.3 is 10.2 Å². The first-order chi connectivity index (χ1) is 11.5. The Morgan fingerprint density at radius 3 is 2.71 bits per heavy atom. The van der Waals surface area contributed by atoms with Gasteiger partial charge in [0.2, 0.25) is 5.91 Å². The Morgan fingerprint density at radius 2 is 2.12 bits per heavy atom. The SMILES string of the molecule is Cc1c([C@H]2[C@H](CNc3cnc(C#N)cn3)CC(=O)N2C)cnn1C. The lowest BCUT2D eigenvalue weighted by molar-refractivity contribution is -0.127. The summed E-state index contributed by atoms with van der Waals surface area (Å²) in [7, 11) is 3.73. The van der Waals surface area contributed by atoms with Gasteiger partial charge in [-0.25, -0.2) is 9.97 Å². The van der Waals surface area contributed by atoms with Crippen LogP contribution in [0.5, 0.6) is 0 Å². The van der Waals surface area contributed by atoms with Crippen molar-refractivity contribution in [3.63, 3.8) is 0 Å². The third-order valence-corrected chi connectivity index (χ3v) is 4.60. The number of hydrogen-bond acceptors (Lipinski definition) is 6. The van der Waals surface area contributed by atoms with Crippen LogP contribution in [0.4, 0.5) is 5.82 Å². The first-order valence-electron chi connectivity index (χ1n) is 7.71. The molecular weight excluding hydrogens is 306 g/mol. The minimum atomic E-state index is -0.00922. The van der Waals surface area contributed by atoms with Crippen LogP contribution >= 0.6 is 0 Å². The number of anilines is 1. The fourth-order valence-electron chi connectivity index (χ4n) is 3.12. The Kier molecular flexibility index (Phi) is 4.16. The third-order valence-electron chi connectivity index (χ3n) is 4.60. The van der Waals surface area contributed by atoms with Crippen molar-refractivity contribution in [2.75, 3.05) is 18.9 Å². The molecule has 0 aromatic carbocycles. The number of aryl methyl sites for hydroxylation is 1. The largest absolute Gasteiger partial charge is 0.368 e. The van der Waals surface area contributed by atoms with Crippen molar-refractivity contribution < 1.29 is 4.79 Å². The Morgan fingerprint density at radius 1 is 1.33 bits per heavy atom. The quantitative estimate of drug-likeness (QED) is 0.901. The smallest absolute Gasteiger partial charge is 0.223 e. The van der Waals surface area contributed by atoms with Crippen LogP contribution in [0.2, 0.25) is 0 Å². The molecule has 0 spiro atoms. The lowest BCUT2D eigenvalue weighted by Gasteiger charge is -2.25. The second kappa shape index (κ2) is 6.28. The van der Waals surface area contributed by atoms with Crippen LogP contribution in [0, 0.1) is 24.2 Å². The molecule has 0 radical (unpaired) electrons. The average molecular weight is 325 g/mol. The van der Waals surface area contributed by atoms with Gasteiger partial charge in [0.15, 0.2) is 5.69 Å². The molecule has 1 aliphatic rings. The van der Waals surface area contributed by atoms with Gasteiger partial charge in [-0.2, -0.15) is 10.4 Å². The molecule has 2 atom stereocenters. The van der Waals surface area contributed by atoms with Crippen LogP contribution in [0.25, 0.3) is 0 Å². The number of carbonyl (C=O) groups is 1. The molecule has 2 aromatic heterocycles. The Hall–Kier alpha value is -2.95. The third kappa shape index (κ3) is 2.80. The first kappa shape index (κ1) is 15.9. The van der Waals surface area contributed by atoms with Gasteiger partial charge in [0.25, 0.3) is 0 Å². The number of aromatic nitrogens is 4. The van der Waals surface area contributed by atoms with Crippen LogP contribution in [0.1, 0.15) is 29.4 Å². The second-order valence-electron chi connectivity index (χ2n) is 6.00. The van der Waals surface area contributed by atoms with Gasteiger partial charge in [-0.3, -0.25) is 9.48 Å². The fourth-order valence-corrected chi connectivity index (χ4v) is 3.12. The van der Waals surface area contributed by atoms with Crippen LogP contribution in [-0.4, -0.2) is 44.1 Å². The molecule has 3 heterocycles. The Bertz CT molecular complexity index is 790. The Balaban J connectivity index is 1.76. The minimum absolute atomic E-state index is 0.00922. The number of hydrogen-bond donors (Lipinski definition) is 1. The lowest BCUT2D eigenvalue weighted by Crippen LogP contribution is -2.27. The van der Waals surface area contributed by atoms with Crippen LogP contribution in [-0.2, 0) is 11.8 Å². The molecular formula is C16H19N7O. The second-order valence-corrected chi connectivity index (χ2v) is 6.00. The van der Waals surface area contributed by atoms with Gasteiger partial charge >= 0.3 is 0 Å². The van der Waals surface area contributed by atoms with Gasteiger partial charge in [-0.15, -0.1) is 0 Å². The molecule has 0 saturated carbocycles. The summed E-state index contributed by atoms with van der Waals surface area (Å²) in [4.78, 5) is 22.1. The average Bonchev–Trinajstić information content (AvgIpc) is 3.06. The zero-order chi connectivity index (χ0) is 17.3. The lowest BCUT2D eigenvalue weighted by atomic mass is 9.94. The first-order valence-corrected chi connectivity index (χ1v) is 7.71. The zero-order valence-corrected chi connectivity index (χ0v) is 13.9. The van der Waals surface area contributed by atoms with E-state index in [4.69, 9.17) is 5.26 Å². The van der Waals surface area contributed by atoms with E-state index in [2.05, 4.69) is 20.4 Å². The van der Waals surface area contributed by atoms with E-state index in [9.17, 15) is 4.79 Å². The highest BCUT2D eigenvalue weighted by atomic mass is 16.2. The zero-order valence-electron chi connectivity index (χ0n) is 13.9. The number of rotatable bonds is 4. The van der Waals surface area contributed by atoms with Gasteiger partial charge in [0.05, 0.1) is 24.6 Å². The van der Waals surface area contributed by atoms with Crippen molar-refractivity contribution in [3.05, 3.63) is 35.5 Å². The summed E-state index contributed by atoms with van der Waals surface area (Å²) >= 11 is 0. The topological polar surface area (TPSA) is 99.7 Å². The molecule has 0 unspecified atom stereocenters. The van der Waals surface area contributed by atoms with Crippen molar-refractivity contribution in [3.8, 4) is 6.07 Å². The van der Waals surface area contributed by atoms with Gasteiger partial charge in [0.1, 0.15) is 11.9 Å². The van der Waals surface area contributed by atoms with Crippen molar-refractivity contribution >= 4 is 11.7 Å². The molecule has 1 saturated heterocycles. The van der Waals surface area contributed by atoms with Gasteiger partial charge in [-0.1, -0.05) is 0 Å². The maximum atomic E-state index is 12.2. The van der Waals surface area contributed by atoms with E-state index >= 15 is 0 Å². The Labute approximate surface area is 140 Å². The number of nitrogens with one attached hydrogen (secondary N) is 1. The standard InChI is InChI=1S/C16H19N7O/c1-10-13(8-21-23(10)3)16-11(4-15(24)22(16)2)6-19-14-9-18-12(5-17)7-20-14/h7-9,11,16H,4,6H2,1-3H3,(H,19,20)/t11-,16+/m0/s1.